The van der Waals surface area contributed by atoms with E-state index in [1.165, 1.54) is 0 Å². The molecule has 2 heterocycles. The highest BCUT2D eigenvalue weighted by molar-refractivity contribution is 6.29. The van der Waals surface area contributed by atoms with Crippen molar-refractivity contribution in [1.82, 2.24) is 15.0 Å². The average molecular weight is 269 g/mol. The predicted octanol–water partition coefficient (Wildman–Crippen LogP) is 3.46. The molecule has 3 aromatic rings. The summed E-state index contributed by atoms with van der Waals surface area (Å²) in [5.41, 5.74) is 3.20. The lowest BCUT2D eigenvalue weighted by Gasteiger charge is -1.99. The minimum atomic E-state index is 0.416. The maximum Gasteiger partial charge on any atom is 0.133 e. The van der Waals surface area contributed by atoms with Gasteiger partial charge in [-0.25, -0.2) is 9.97 Å². The van der Waals surface area contributed by atoms with Crippen LogP contribution in [0.3, 0.4) is 0 Å². The van der Waals surface area contributed by atoms with Gasteiger partial charge in [-0.15, -0.1) is 0 Å². The lowest BCUT2D eigenvalue weighted by molar-refractivity contribution is 1.05. The normalized spacial score (nSPS) is 10.6. The van der Waals surface area contributed by atoms with E-state index in [1.54, 1.807) is 19.1 Å². The Kier molecular flexibility index (Phi) is 2.69. The van der Waals surface area contributed by atoms with Gasteiger partial charge in [0.05, 0.1) is 23.0 Å². The van der Waals surface area contributed by atoms with Crippen LogP contribution in [0, 0.1) is 18.3 Å². The van der Waals surface area contributed by atoms with Crippen LogP contribution < -0.4 is 0 Å². The van der Waals surface area contributed by atoms with Gasteiger partial charge in [0.2, 0.25) is 0 Å². The Labute approximate surface area is 114 Å². The summed E-state index contributed by atoms with van der Waals surface area (Å²) in [6.45, 7) is 1.80. The summed E-state index contributed by atoms with van der Waals surface area (Å²) < 4.78 is 0. The van der Waals surface area contributed by atoms with Crippen LogP contribution in [-0.4, -0.2) is 15.0 Å². The van der Waals surface area contributed by atoms with Crippen LogP contribution in [0.4, 0.5) is 0 Å². The Morgan fingerprint density at radius 3 is 2.79 bits per heavy atom. The Balaban J connectivity index is 2.18. The highest BCUT2D eigenvalue weighted by atomic mass is 35.5. The third-order valence-corrected chi connectivity index (χ3v) is 3.03. The summed E-state index contributed by atoms with van der Waals surface area (Å²) in [6.07, 6.45) is 0. The van der Waals surface area contributed by atoms with E-state index in [4.69, 9.17) is 16.9 Å². The minimum Gasteiger partial charge on any atom is -0.353 e. The first-order valence-electron chi connectivity index (χ1n) is 5.70. The molecule has 1 N–H and O–H groups in total. The van der Waals surface area contributed by atoms with Gasteiger partial charge in [-0.05, 0) is 31.2 Å². The second-order valence-electron chi connectivity index (χ2n) is 4.22. The Hall–Kier alpha value is -2.38. The number of hydrogen-bond donors (Lipinski definition) is 1. The first kappa shape index (κ1) is 11.7. The molecule has 0 aliphatic carbocycles. The average Bonchev–Trinajstić information content (AvgIpc) is 2.80. The van der Waals surface area contributed by atoms with E-state index in [9.17, 15) is 0 Å². The molecule has 0 unspecified atom stereocenters. The first-order chi connectivity index (χ1) is 9.15. The summed E-state index contributed by atoms with van der Waals surface area (Å²) in [6, 6.07) is 11.3. The van der Waals surface area contributed by atoms with E-state index in [-0.39, 0.29) is 0 Å². The third kappa shape index (κ3) is 2.16. The van der Waals surface area contributed by atoms with Gasteiger partial charge in [0, 0.05) is 17.0 Å². The smallest absolute Gasteiger partial charge is 0.133 e. The third-order valence-electron chi connectivity index (χ3n) is 2.83. The molecule has 2 aromatic heterocycles. The molecule has 4 nitrogen and oxygen atoms in total. The molecule has 0 fully saturated rings. The summed E-state index contributed by atoms with van der Waals surface area (Å²) in [4.78, 5) is 11.6. The molecule has 0 aliphatic rings. The molecule has 0 aliphatic heterocycles. The van der Waals surface area contributed by atoms with Crippen LogP contribution in [0.5, 0.6) is 0 Å². The molecule has 0 saturated heterocycles. The number of fused-ring (bicyclic) bond motifs is 1. The second kappa shape index (κ2) is 4.38. The van der Waals surface area contributed by atoms with Crippen LogP contribution in [-0.2, 0) is 0 Å². The molecule has 0 spiro atoms. The van der Waals surface area contributed by atoms with Crippen LogP contribution in [0.15, 0.2) is 30.3 Å². The molecule has 0 radical (unpaired) electrons. The maximum atomic E-state index is 8.90. The van der Waals surface area contributed by atoms with Gasteiger partial charge >= 0.3 is 0 Å². The fourth-order valence-corrected chi connectivity index (χ4v) is 2.24. The standard InChI is InChI=1S/C14H9ClN4/c1-8-17-13(6-14(15)18-8)12-5-10-4-9(7-16)2-3-11(10)19-12/h2-6,19H,1H3. The van der Waals surface area contributed by atoms with Crippen LogP contribution in [0.1, 0.15) is 11.4 Å². The molecule has 5 heteroatoms. The number of aromatic nitrogens is 3. The van der Waals surface area contributed by atoms with E-state index in [1.807, 2.05) is 18.2 Å². The zero-order valence-corrected chi connectivity index (χ0v) is 10.9. The molecule has 0 amide bonds. The number of aryl methyl sites for hydroxylation is 1. The molecule has 0 bridgehead atoms. The summed E-state index contributed by atoms with van der Waals surface area (Å²) in [5.74, 6) is 0.624. The number of nitriles is 1. The minimum absolute atomic E-state index is 0.416. The van der Waals surface area contributed by atoms with Gasteiger partial charge in [0.25, 0.3) is 0 Å². The number of halogens is 1. The number of rotatable bonds is 1. The van der Waals surface area contributed by atoms with Crippen molar-refractivity contribution in [3.63, 3.8) is 0 Å². The summed E-state index contributed by atoms with van der Waals surface area (Å²) >= 11 is 5.94. The van der Waals surface area contributed by atoms with Crippen LogP contribution in [0.2, 0.25) is 5.15 Å². The van der Waals surface area contributed by atoms with E-state index in [0.717, 1.165) is 22.3 Å². The molecule has 19 heavy (non-hydrogen) atoms. The lowest BCUT2D eigenvalue weighted by Crippen LogP contribution is -1.91. The maximum absolute atomic E-state index is 8.90. The number of nitrogens with one attached hydrogen (secondary N) is 1. The van der Waals surface area contributed by atoms with E-state index < -0.39 is 0 Å². The largest absolute Gasteiger partial charge is 0.353 e. The van der Waals surface area contributed by atoms with E-state index in [0.29, 0.717) is 16.5 Å². The quantitative estimate of drug-likeness (QED) is 0.687. The highest BCUT2D eigenvalue weighted by Gasteiger charge is 2.07. The lowest BCUT2D eigenvalue weighted by atomic mass is 10.2. The van der Waals surface area contributed by atoms with Gasteiger partial charge < -0.3 is 4.98 Å². The fraction of sp³-hybridized carbons (Fsp3) is 0.0714. The number of hydrogen-bond acceptors (Lipinski definition) is 3. The van der Waals surface area contributed by atoms with Crippen molar-refractivity contribution in [2.24, 2.45) is 0 Å². The Morgan fingerprint density at radius 1 is 1.21 bits per heavy atom. The zero-order chi connectivity index (χ0) is 13.4. The van der Waals surface area contributed by atoms with Crippen molar-refractivity contribution < 1.29 is 0 Å². The van der Waals surface area contributed by atoms with Crippen molar-refractivity contribution in [1.29, 1.82) is 5.26 Å². The van der Waals surface area contributed by atoms with E-state index >= 15 is 0 Å². The van der Waals surface area contributed by atoms with Gasteiger partial charge in [0.1, 0.15) is 11.0 Å². The highest BCUT2D eigenvalue weighted by Crippen LogP contribution is 2.24. The van der Waals surface area contributed by atoms with Gasteiger partial charge in [-0.3, -0.25) is 0 Å². The second-order valence-corrected chi connectivity index (χ2v) is 4.61. The molecular weight excluding hydrogens is 260 g/mol. The molecule has 0 atom stereocenters. The zero-order valence-electron chi connectivity index (χ0n) is 10.1. The van der Waals surface area contributed by atoms with Crippen molar-refractivity contribution in [3.8, 4) is 17.5 Å². The molecule has 92 valence electrons. The van der Waals surface area contributed by atoms with Crippen molar-refractivity contribution >= 4 is 22.5 Å². The van der Waals surface area contributed by atoms with Gasteiger partial charge in [0.15, 0.2) is 0 Å². The van der Waals surface area contributed by atoms with Crippen molar-refractivity contribution in [3.05, 3.63) is 46.9 Å². The molecular formula is C14H9ClN4. The fourth-order valence-electron chi connectivity index (χ4n) is 2.01. The Bertz CT molecular complexity index is 794. The van der Waals surface area contributed by atoms with E-state index in [2.05, 4.69) is 21.0 Å². The number of benzene rings is 1. The van der Waals surface area contributed by atoms with Gasteiger partial charge in [-0.2, -0.15) is 5.26 Å². The first-order valence-corrected chi connectivity index (χ1v) is 6.08. The molecule has 1 aromatic carbocycles. The van der Waals surface area contributed by atoms with Crippen molar-refractivity contribution in [2.45, 2.75) is 6.92 Å². The van der Waals surface area contributed by atoms with Crippen LogP contribution in [0.25, 0.3) is 22.3 Å². The number of nitrogens with zero attached hydrogens (tertiary/aromatic N) is 3. The molecule has 3 rings (SSSR count). The number of aromatic amines is 1. The monoisotopic (exact) mass is 268 g/mol. The SMILES string of the molecule is Cc1nc(Cl)cc(-c2cc3cc(C#N)ccc3[nH]2)n1. The van der Waals surface area contributed by atoms with Gasteiger partial charge in [-0.1, -0.05) is 11.6 Å². The summed E-state index contributed by atoms with van der Waals surface area (Å²) in [7, 11) is 0. The number of H-pyrrole nitrogens is 1. The van der Waals surface area contributed by atoms with Crippen molar-refractivity contribution in [2.75, 3.05) is 0 Å². The Morgan fingerprint density at radius 2 is 2.05 bits per heavy atom. The van der Waals surface area contributed by atoms with Crippen LogP contribution >= 0.6 is 11.6 Å². The topological polar surface area (TPSA) is 65.4 Å². The summed E-state index contributed by atoms with van der Waals surface area (Å²) in [5, 5.41) is 10.3. The molecule has 0 saturated carbocycles. The predicted molar refractivity (Wildman–Crippen MR) is 73.8 cm³/mol.